The van der Waals surface area contributed by atoms with Crippen LogP contribution < -0.4 is 4.74 Å². The molecule has 15 heavy (non-hydrogen) atoms. The van der Waals surface area contributed by atoms with Gasteiger partial charge in [0, 0.05) is 11.8 Å². The number of rotatable bonds is 3. The van der Waals surface area contributed by atoms with E-state index in [2.05, 4.69) is 4.99 Å². The zero-order chi connectivity index (χ0) is 10.5. The number of nitrogens with zero attached hydrogens (tertiary/aromatic N) is 1. The van der Waals surface area contributed by atoms with Crippen LogP contribution in [-0.2, 0) is 0 Å². The van der Waals surface area contributed by atoms with E-state index < -0.39 is 0 Å². The van der Waals surface area contributed by atoms with Crippen LogP contribution >= 0.6 is 0 Å². The predicted octanol–water partition coefficient (Wildman–Crippen LogP) is 2.13. The Morgan fingerprint density at radius 2 is 2.07 bits per heavy atom. The SMILES string of the molecule is OCC1=C(Oc2ccccc2)N=CCC1. The van der Waals surface area contributed by atoms with Crippen molar-refractivity contribution in [3.63, 3.8) is 0 Å². The highest BCUT2D eigenvalue weighted by Gasteiger charge is 2.10. The van der Waals surface area contributed by atoms with Crippen molar-refractivity contribution < 1.29 is 9.84 Å². The first-order valence-corrected chi connectivity index (χ1v) is 4.98. The summed E-state index contributed by atoms with van der Waals surface area (Å²) in [6.45, 7) is 0.0134. The summed E-state index contributed by atoms with van der Waals surface area (Å²) in [5.74, 6) is 1.28. The summed E-state index contributed by atoms with van der Waals surface area (Å²) >= 11 is 0. The van der Waals surface area contributed by atoms with Gasteiger partial charge in [0.05, 0.1) is 6.61 Å². The summed E-state index contributed by atoms with van der Waals surface area (Å²) in [5, 5.41) is 9.13. The smallest absolute Gasteiger partial charge is 0.220 e. The molecule has 0 unspecified atom stereocenters. The maximum absolute atomic E-state index is 9.13. The highest BCUT2D eigenvalue weighted by atomic mass is 16.5. The van der Waals surface area contributed by atoms with Crippen molar-refractivity contribution in [2.75, 3.05) is 6.61 Å². The quantitative estimate of drug-likeness (QED) is 0.817. The van der Waals surface area contributed by atoms with Gasteiger partial charge in [-0.15, -0.1) is 0 Å². The van der Waals surface area contributed by atoms with Gasteiger partial charge < -0.3 is 9.84 Å². The molecule has 1 aromatic carbocycles. The number of ether oxygens (including phenoxy) is 1. The fourth-order valence-electron chi connectivity index (χ4n) is 1.43. The molecule has 0 bridgehead atoms. The molecule has 0 fully saturated rings. The first kappa shape index (κ1) is 9.93. The second-order valence-corrected chi connectivity index (χ2v) is 3.33. The van der Waals surface area contributed by atoms with Crippen molar-refractivity contribution in [1.82, 2.24) is 0 Å². The van der Waals surface area contributed by atoms with E-state index in [1.54, 1.807) is 0 Å². The van der Waals surface area contributed by atoms with Gasteiger partial charge in [0.15, 0.2) is 0 Å². The van der Waals surface area contributed by atoms with E-state index in [1.807, 2.05) is 36.5 Å². The highest BCUT2D eigenvalue weighted by molar-refractivity contribution is 5.61. The Morgan fingerprint density at radius 1 is 1.27 bits per heavy atom. The Balaban J connectivity index is 2.17. The molecule has 78 valence electrons. The van der Waals surface area contributed by atoms with Crippen molar-refractivity contribution in [1.29, 1.82) is 0 Å². The highest BCUT2D eigenvalue weighted by Crippen LogP contribution is 2.20. The molecule has 0 amide bonds. The minimum absolute atomic E-state index is 0.0134. The zero-order valence-corrected chi connectivity index (χ0v) is 8.39. The molecule has 2 rings (SSSR count). The second kappa shape index (κ2) is 4.75. The standard InChI is InChI=1S/C12H13NO2/c14-9-10-5-4-8-13-12(10)15-11-6-2-1-3-7-11/h1-3,6-8,14H,4-5,9H2. The summed E-state index contributed by atoms with van der Waals surface area (Å²) in [4.78, 5) is 4.15. The Hall–Kier alpha value is -1.61. The molecule has 0 atom stereocenters. The van der Waals surface area contributed by atoms with E-state index in [-0.39, 0.29) is 6.61 Å². The number of hydrogen-bond donors (Lipinski definition) is 1. The van der Waals surface area contributed by atoms with Crippen LogP contribution in [-0.4, -0.2) is 17.9 Å². The molecule has 3 nitrogen and oxygen atoms in total. The van der Waals surface area contributed by atoms with Crippen LogP contribution in [0.15, 0.2) is 46.8 Å². The molecular weight excluding hydrogens is 190 g/mol. The molecular formula is C12H13NO2. The molecule has 1 aliphatic rings. The van der Waals surface area contributed by atoms with E-state index in [9.17, 15) is 0 Å². The van der Waals surface area contributed by atoms with Gasteiger partial charge in [0.25, 0.3) is 0 Å². The number of aliphatic hydroxyl groups excluding tert-OH is 1. The fraction of sp³-hybridized carbons (Fsp3) is 0.250. The van der Waals surface area contributed by atoms with Crippen LogP contribution in [0, 0.1) is 0 Å². The van der Waals surface area contributed by atoms with Crippen LogP contribution in [0.3, 0.4) is 0 Å². The molecule has 0 saturated carbocycles. The lowest BCUT2D eigenvalue weighted by Gasteiger charge is -2.13. The van der Waals surface area contributed by atoms with E-state index in [0.29, 0.717) is 5.88 Å². The summed E-state index contributed by atoms with van der Waals surface area (Å²) in [5.41, 5.74) is 0.862. The molecule has 1 aromatic rings. The van der Waals surface area contributed by atoms with Crippen molar-refractivity contribution in [3.05, 3.63) is 41.8 Å². The van der Waals surface area contributed by atoms with Crippen molar-refractivity contribution in [2.45, 2.75) is 12.8 Å². The second-order valence-electron chi connectivity index (χ2n) is 3.33. The van der Waals surface area contributed by atoms with Crippen LogP contribution in [0.25, 0.3) is 0 Å². The van der Waals surface area contributed by atoms with Crippen LogP contribution in [0.4, 0.5) is 0 Å². The number of benzene rings is 1. The Bertz CT molecular complexity index is 382. The predicted molar refractivity (Wildman–Crippen MR) is 58.9 cm³/mol. The zero-order valence-electron chi connectivity index (χ0n) is 8.39. The van der Waals surface area contributed by atoms with E-state index in [1.165, 1.54) is 0 Å². The molecule has 3 heteroatoms. The molecule has 0 saturated heterocycles. The lowest BCUT2D eigenvalue weighted by atomic mass is 10.1. The number of para-hydroxylation sites is 1. The van der Waals surface area contributed by atoms with Gasteiger partial charge in [-0.25, -0.2) is 4.99 Å². The van der Waals surface area contributed by atoms with E-state index in [0.717, 1.165) is 24.2 Å². The van der Waals surface area contributed by atoms with Gasteiger partial charge in [-0.3, -0.25) is 0 Å². The van der Waals surface area contributed by atoms with Crippen LogP contribution in [0.5, 0.6) is 5.75 Å². The average Bonchev–Trinajstić information content (AvgIpc) is 2.31. The van der Waals surface area contributed by atoms with Gasteiger partial charge in [-0.05, 0) is 25.0 Å². The summed E-state index contributed by atoms with van der Waals surface area (Å²) < 4.78 is 5.58. The number of aliphatic imine (C=N–C) groups is 1. The molecule has 1 heterocycles. The van der Waals surface area contributed by atoms with Crippen LogP contribution in [0.2, 0.25) is 0 Å². The summed E-state index contributed by atoms with van der Waals surface area (Å²) in [7, 11) is 0. The molecule has 1 N–H and O–H groups in total. The third kappa shape index (κ3) is 2.44. The lowest BCUT2D eigenvalue weighted by molar-refractivity contribution is 0.310. The maximum atomic E-state index is 9.13. The third-order valence-corrected chi connectivity index (χ3v) is 2.23. The first-order valence-electron chi connectivity index (χ1n) is 4.98. The van der Waals surface area contributed by atoms with E-state index in [4.69, 9.17) is 9.84 Å². The minimum Gasteiger partial charge on any atom is -0.439 e. The summed E-state index contributed by atoms with van der Waals surface area (Å²) in [6.07, 6.45) is 3.51. The monoisotopic (exact) mass is 203 g/mol. The van der Waals surface area contributed by atoms with Gasteiger partial charge in [-0.2, -0.15) is 0 Å². The largest absolute Gasteiger partial charge is 0.439 e. The van der Waals surface area contributed by atoms with Crippen molar-refractivity contribution >= 4 is 6.21 Å². The van der Waals surface area contributed by atoms with Gasteiger partial charge in [0.1, 0.15) is 5.75 Å². The number of hydrogen-bond acceptors (Lipinski definition) is 3. The summed E-state index contributed by atoms with van der Waals surface area (Å²) in [6, 6.07) is 9.47. The van der Waals surface area contributed by atoms with E-state index >= 15 is 0 Å². The Kier molecular flexibility index (Phi) is 3.15. The molecule has 0 aliphatic carbocycles. The lowest BCUT2D eigenvalue weighted by Crippen LogP contribution is -2.06. The molecule has 0 spiro atoms. The van der Waals surface area contributed by atoms with Crippen molar-refractivity contribution in [2.24, 2.45) is 4.99 Å². The van der Waals surface area contributed by atoms with Gasteiger partial charge in [-0.1, -0.05) is 18.2 Å². The molecule has 0 radical (unpaired) electrons. The van der Waals surface area contributed by atoms with Crippen molar-refractivity contribution in [3.8, 4) is 5.75 Å². The topological polar surface area (TPSA) is 41.8 Å². The molecule has 0 aromatic heterocycles. The maximum Gasteiger partial charge on any atom is 0.220 e. The first-order chi connectivity index (χ1) is 7.40. The van der Waals surface area contributed by atoms with Gasteiger partial charge >= 0.3 is 0 Å². The Labute approximate surface area is 88.7 Å². The Morgan fingerprint density at radius 3 is 2.80 bits per heavy atom. The average molecular weight is 203 g/mol. The van der Waals surface area contributed by atoms with Crippen LogP contribution in [0.1, 0.15) is 12.8 Å². The minimum atomic E-state index is 0.0134. The number of aliphatic hydroxyl groups is 1. The normalized spacial score (nSPS) is 15.5. The van der Waals surface area contributed by atoms with Gasteiger partial charge in [0.2, 0.25) is 5.88 Å². The fourth-order valence-corrected chi connectivity index (χ4v) is 1.43. The molecule has 1 aliphatic heterocycles. The third-order valence-electron chi connectivity index (χ3n) is 2.23.